The number of likely N-dealkylation sites (N-methyl/N-ethyl adjacent to an activating group) is 1. The normalized spacial score (nSPS) is 13.8. The number of aromatic nitrogens is 1. The Labute approximate surface area is 141 Å². The molecule has 0 radical (unpaired) electrons. The molecule has 0 aliphatic heterocycles. The summed E-state index contributed by atoms with van der Waals surface area (Å²) in [6.45, 7) is 2.00. The number of hydrogen-bond acceptors (Lipinski definition) is 5. The van der Waals surface area contributed by atoms with E-state index in [1.54, 1.807) is 0 Å². The predicted molar refractivity (Wildman–Crippen MR) is 93.6 cm³/mol. The van der Waals surface area contributed by atoms with Crippen molar-refractivity contribution >= 4 is 23.2 Å². The van der Waals surface area contributed by atoms with Gasteiger partial charge in [0.25, 0.3) is 6.47 Å². The number of pyridine rings is 1. The zero-order valence-electron chi connectivity index (χ0n) is 14.1. The summed E-state index contributed by atoms with van der Waals surface area (Å²) in [5.74, 6) is 0.838. The number of benzene rings is 1. The van der Waals surface area contributed by atoms with Crippen LogP contribution in [0.2, 0.25) is 0 Å². The quantitative estimate of drug-likeness (QED) is 0.735. The highest BCUT2D eigenvalue weighted by Gasteiger charge is 2.15. The van der Waals surface area contributed by atoms with Crippen LogP contribution in [-0.2, 0) is 17.6 Å². The van der Waals surface area contributed by atoms with Gasteiger partial charge in [0.1, 0.15) is 5.82 Å². The Hall–Kier alpha value is -2.18. The zero-order chi connectivity index (χ0) is 17.7. The van der Waals surface area contributed by atoms with Crippen LogP contribution in [0, 0.1) is 6.92 Å². The van der Waals surface area contributed by atoms with Gasteiger partial charge in [-0.2, -0.15) is 0 Å². The molecule has 130 valence electrons. The molecule has 1 aliphatic carbocycles. The summed E-state index contributed by atoms with van der Waals surface area (Å²) in [5.41, 5.74) is 5.11. The molecule has 24 heavy (non-hydrogen) atoms. The van der Waals surface area contributed by atoms with Crippen LogP contribution in [0.15, 0.2) is 18.2 Å². The topological polar surface area (TPSA) is 93.9 Å². The molecule has 0 fully saturated rings. The third kappa shape index (κ3) is 4.01. The summed E-state index contributed by atoms with van der Waals surface area (Å²) in [4.78, 5) is 15.0. The number of aryl methyl sites for hydroxylation is 3. The van der Waals surface area contributed by atoms with Crippen LogP contribution in [0.5, 0.6) is 0 Å². The summed E-state index contributed by atoms with van der Waals surface area (Å²) >= 11 is 0. The van der Waals surface area contributed by atoms with Crippen molar-refractivity contribution in [2.24, 2.45) is 0 Å². The van der Waals surface area contributed by atoms with Crippen molar-refractivity contribution in [1.82, 2.24) is 4.98 Å². The summed E-state index contributed by atoms with van der Waals surface area (Å²) in [6, 6.07) is 6.55. The molecule has 0 amide bonds. The lowest BCUT2D eigenvalue weighted by Gasteiger charge is -2.22. The first-order valence-corrected chi connectivity index (χ1v) is 8.01. The molecule has 1 unspecified atom stereocenters. The highest BCUT2D eigenvalue weighted by atomic mass is 16.3. The van der Waals surface area contributed by atoms with Crippen molar-refractivity contribution < 1.29 is 20.1 Å². The van der Waals surface area contributed by atoms with Crippen molar-refractivity contribution in [3.8, 4) is 0 Å². The van der Waals surface area contributed by atoms with Crippen molar-refractivity contribution in [2.75, 3.05) is 25.1 Å². The number of carbonyl (C=O) groups is 1. The van der Waals surface area contributed by atoms with E-state index >= 15 is 0 Å². The van der Waals surface area contributed by atoms with Gasteiger partial charge in [0.05, 0.1) is 18.2 Å². The van der Waals surface area contributed by atoms with Crippen molar-refractivity contribution in [3.05, 3.63) is 34.9 Å². The van der Waals surface area contributed by atoms with Crippen LogP contribution in [0.25, 0.3) is 10.9 Å². The number of carboxylic acid groups (broad SMARTS) is 1. The molecule has 0 bridgehead atoms. The molecule has 6 nitrogen and oxygen atoms in total. The van der Waals surface area contributed by atoms with E-state index < -0.39 is 6.10 Å². The number of nitrogens with zero attached hydrogens (tertiary/aromatic N) is 2. The molecule has 1 aliphatic rings. The minimum atomic E-state index is -0.743. The maximum Gasteiger partial charge on any atom is 0.290 e. The van der Waals surface area contributed by atoms with E-state index in [1.165, 1.54) is 34.9 Å². The highest BCUT2D eigenvalue weighted by molar-refractivity contribution is 5.85. The fraction of sp³-hybridized carbons (Fsp3) is 0.444. The number of rotatable bonds is 4. The average Bonchev–Trinajstić information content (AvgIpc) is 3.01. The maximum atomic E-state index is 9.58. The largest absolute Gasteiger partial charge is 0.483 e. The molecule has 3 N–H and O–H groups in total. The smallest absolute Gasteiger partial charge is 0.290 e. The molecule has 2 aromatic rings. The second-order valence-corrected chi connectivity index (χ2v) is 6.11. The van der Waals surface area contributed by atoms with Gasteiger partial charge in [-0.25, -0.2) is 4.98 Å². The Bertz CT molecular complexity index is 718. The van der Waals surface area contributed by atoms with Gasteiger partial charge in [-0.05, 0) is 61.1 Å². The maximum absolute atomic E-state index is 9.58. The highest BCUT2D eigenvalue weighted by Crippen LogP contribution is 2.29. The van der Waals surface area contributed by atoms with Crippen molar-refractivity contribution in [2.45, 2.75) is 32.3 Å². The van der Waals surface area contributed by atoms with Gasteiger partial charge in [0, 0.05) is 19.0 Å². The minimum absolute atomic E-state index is 0.232. The van der Waals surface area contributed by atoms with E-state index in [4.69, 9.17) is 20.0 Å². The summed E-state index contributed by atoms with van der Waals surface area (Å²) in [6.07, 6.45) is 2.82. The predicted octanol–water partition coefficient (Wildman–Crippen LogP) is 1.52. The second kappa shape index (κ2) is 8.08. The van der Waals surface area contributed by atoms with Gasteiger partial charge in [-0.15, -0.1) is 0 Å². The fourth-order valence-electron chi connectivity index (χ4n) is 3.11. The van der Waals surface area contributed by atoms with Crippen LogP contribution in [0.1, 0.15) is 23.1 Å². The summed E-state index contributed by atoms with van der Waals surface area (Å²) < 4.78 is 0. The molecule has 1 atom stereocenters. The summed E-state index contributed by atoms with van der Waals surface area (Å²) in [7, 11) is 1.89. The molecule has 1 heterocycles. The monoisotopic (exact) mass is 332 g/mol. The van der Waals surface area contributed by atoms with Crippen LogP contribution in [-0.4, -0.2) is 53.1 Å². The summed E-state index contributed by atoms with van der Waals surface area (Å²) in [5, 5.41) is 26.7. The number of hydrogen-bond donors (Lipinski definition) is 3. The third-order valence-electron chi connectivity index (χ3n) is 4.30. The van der Waals surface area contributed by atoms with Crippen LogP contribution >= 0.6 is 0 Å². The Morgan fingerprint density at radius 3 is 2.54 bits per heavy atom. The van der Waals surface area contributed by atoms with Gasteiger partial charge in [0.2, 0.25) is 0 Å². The number of fused-ring (bicyclic) bond motifs is 2. The van der Waals surface area contributed by atoms with E-state index in [0.717, 1.165) is 17.8 Å². The molecule has 1 aromatic heterocycles. The molecular weight excluding hydrogens is 308 g/mol. The molecule has 6 heteroatoms. The Balaban J connectivity index is 0.000000647. The van der Waals surface area contributed by atoms with E-state index in [0.29, 0.717) is 6.54 Å². The molecule has 1 aromatic carbocycles. The molecule has 0 saturated carbocycles. The van der Waals surface area contributed by atoms with E-state index in [2.05, 4.69) is 19.1 Å². The first-order chi connectivity index (χ1) is 11.5. The fourth-order valence-corrected chi connectivity index (χ4v) is 3.11. The lowest BCUT2D eigenvalue weighted by Crippen LogP contribution is -2.31. The standard InChI is InChI=1S/C17H22N2O2.CH2O2/c1-11-6-17(19(2)9-14(21)10-20)18-16-8-13-5-3-4-12(13)7-15(11)16;2-1-3/h6-8,14,20-21H,3-5,9-10H2,1-2H3;1H,(H,2,3). The number of aliphatic hydroxyl groups excluding tert-OH is 2. The number of anilines is 1. The SMILES string of the molecule is Cc1cc(N(C)CC(O)CO)nc2cc3c(cc12)CCC3.O=CO. The Kier molecular flexibility index (Phi) is 6.11. The van der Waals surface area contributed by atoms with Crippen molar-refractivity contribution in [3.63, 3.8) is 0 Å². The van der Waals surface area contributed by atoms with Gasteiger partial charge in [0.15, 0.2) is 0 Å². The van der Waals surface area contributed by atoms with Gasteiger partial charge < -0.3 is 20.2 Å². The third-order valence-corrected chi connectivity index (χ3v) is 4.30. The van der Waals surface area contributed by atoms with E-state index in [9.17, 15) is 5.11 Å². The van der Waals surface area contributed by atoms with E-state index in [-0.39, 0.29) is 13.1 Å². The van der Waals surface area contributed by atoms with Gasteiger partial charge >= 0.3 is 0 Å². The molecule has 0 saturated heterocycles. The lowest BCUT2D eigenvalue weighted by atomic mass is 10.0. The Morgan fingerprint density at radius 2 is 1.92 bits per heavy atom. The van der Waals surface area contributed by atoms with Gasteiger partial charge in [-0.3, -0.25) is 4.79 Å². The average molecular weight is 332 g/mol. The lowest BCUT2D eigenvalue weighted by molar-refractivity contribution is -0.122. The first-order valence-electron chi connectivity index (χ1n) is 8.01. The van der Waals surface area contributed by atoms with Crippen LogP contribution in [0.4, 0.5) is 5.82 Å². The zero-order valence-corrected chi connectivity index (χ0v) is 14.1. The molecule has 0 spiro atoms. The number of aliphatic hydroxyl groups is 2. The first kappa shape index (κ1) is 18.2. The van der Waals surface area contributed by atoms with Gasteiger partial charge in [-0.1, -0.05) is 0 Å². The molecular formula is C18H24N2O4. The van der Waals surface area contributed by atoms with Crippen molar-refractivity contribution in [1.29, 1.82) is 0 Å². The Morgan fingerprint density at radius 1 is 1.29 bits per heavy atom. The second-order valence-electron chi connectivity index (χ2n) is 6.11. The van der Waals surface area contributed by atoms with E-state index in [1.807, 2.05) is 18.0 Å². The van der Waals surface area contributed by atoms with Crippen LogP contribution < -0.4 is 4.90 Å². The molecule has 3 rings (SSSR count). The minimum Gasteiger partial charge on any atom is -0.483 e. The van der Waals surface area contributed by atoms with Crippen LogP contribution in [0.3, 0.4) is 0 Å².